The molecular formula is C19H19F3N2O2. The molecule has 2 aromatic rings. The smallest absolute Gasteiger partial charge is 0.226 e. The van der Waals surface area contributed by atoms with Crippen LogP contribution in [-0.2, 0) is 16.0 Å². The molecule has 26 heavy (non-hydrogen) atoms. The molecule has 0 spiro atoms. The number of hydrogen-bond donors (Lipinski definition) is 1. The van der Waals surface area contributed by atoms with Crippen LogP contribution >= 0.6 is 0 Å². The number of amides is 2. The van der Waals surface area contributed by atoms with E-state index in [4.69, 9.17) is 0 Å². The lowest BCUT2D eigenvalue weighted by atomic mass is 10.1. The van der Waals surface area contributed by atoms with E-state index in [-0.39, 0.29) is 30.4 Å². The highest BCUT2D eigenvalue weighted by Gasteiger charge is 2.12. The van der Waals surface area contributed by atoms with Crippen molar-refractivity contribution in [2.45, 2.75) is 19.8 Å². The Kier molecular flexibility index (Phi) is 6.77. The van der Waals surface area contributed by atoms with Gasteiger partial charge in [0.1, 0.15) is 5.82 Å². The SMILES string of the molecule is CC(=O)N(CCC(=O)Nc1ccc(F)c(F)c1)CCc1ccc(F)cc1. The summed E-state index contributed by atoms with van der Waals surface area (Å²) in [5.41, 5.74) is 1.03. The monoisotopic (exact) mass is 364 g/mol. The van der Waals surface area contributed by atoms with Crippen molar-refractivity contribution >= 4 is 17.5 Å². The summed E-state index contributed by atoms with van der Waals surface area (Å²) < 4.78 is 38.9. The van der Waals surface area contributed by atoms with E-state index in [1.54, 1.807) is 12.1 Å². The Morgan fingerprint density at radius 1 is 0.962 bits per heavy atom. The van der Waals surface area contributed by atoms with Gasteiger partial charge in [-0.15, -0.1) is 0 Å². The maximum atomic E-state index is 13.1. The zero-order valence-electron chi connectivity index (χ0n) is 14.3. The Morgan fingerprint density at radius 2 is 1.65 bits per heavy atom. The first kappa shape index (κ1) is 19.5. The molecule has 0 saturated heterocycles. The molecule has 0 saturated carbocycles. The van der Waals surface area contributed by atoms with Gasteiger partial charge in [0.15, 0.2) is 11.6 Å². The van der Waals surface area contributed by atoms with Crippen molar-refractivity contribution in [1.82, 2.24) is 4.90 Å². The summed E-state index contributed by atoms with van der Waals surface area (Å²) in [6.07, 6.45) is 0.548. The van der Waals surface area contributed by atoms with Crippen molar-refractivity contribution in [2.75, 3.05) is 18.4 Å². The van der Waals surface area contributed by atoms with Crippen LogP contribution in [0.4, 0.5) is 18.9 Å². The molecule has 0 aromatic heterocycles. The molecule has 0 radical (unpaired) electrons. The molecule has 0 bridgehead atoms. The van der Waals surface area contributed by atoms with Crippen LogP contribution in [0.15, 0.2) is 42.5 Å². The molecular weight excluding hydrogens is 345 g/mol. The molecule has 0 aliphatic heterocycles. The normalized spacial score (nSPS) is 10.5. The third kappa shape index (κ3) is 5.91. The zero-order chi connectivity index (χ0) is 19.1. The van der Waals surface area contributed by atoms with Crippen molar-refractivity contribution < 1.29 is 22.8 Å². The molecule has 0 unspecified atom stereocenters. The van der Waals surface area contributed by atoms with Crippen LogP contribution in [0.1, 0.15) is 18.9 Å². The predicted octanol–water partition coefficient (Wildman–Crippen LogP) is 3.52. The molecule has 2 rings (SSSR count). The topological polar surface area (TPSA) is 49.4 Å². The lowest BCUT2D eigenvalue weighted by molar-refractivity contribution is -0.129. The van der Waals surface area contributed by atoms with Crippen LogP contribution in [-0.4, -0.2) is 29.8 Å². The van der Waals surface area contributed by atoms with Gasteiger partial charge in [-0.3, -0.25) is 9.59 Å². The van der Waals surface area contributed by atoms with Crippen LogP contribution in [0.5, 0.6) is 0 Å². The average Bonchev–Trinajstić information content (AvgIpc) is 2.59. The molecule has 0 fully saturated rings. The summed E-state index contributed by atoms with van der Waals surface area (Å²) in [4.78, 5) is 25.2. The Morgan fingerprint density at radius 3 is 2.27 bits per heavy atom. The third-order valence-corrected chi connectivity index (χ3v) is 3.84. The van der Waals surface area contributed by atoms with Crippen LogP contribution in [0.25, 0.3) is 0 Å². The van der Waals surface area contributed by atoms with Crippen molar-refractivity contribution in [3.63, 3.8) is 0 Å². The van der Waals surface area contributed by atoms with Crippen LogP contribution in [0.3, 0.4) is 0 Å². The highest BCUT2D eigenvalue weighted by atomic mass is 19.2. The third-order valence-electron chi connectivity index (χ3n) is 3.84. The van der Waals surface area contributed by atoms with E-state index >= 15 is 0 Å². The number of benzene rings is 2. The molecule has 0 heterocycles. The summed E-state index contributed by atoms with van der Waals surface area (Å²) in [5, 5.41) is 2.46. The van der Waals surface area contributed by atoms with Gasteiger partial charge in [-0.1, -0.05) is 12.1 Å². The Labute approximate surface area is 149 Å². The number of carbonyl (C=O) groups is 2. The van der Waals surface area contributed by atoms with E-state index in [2.05, 4.69) is 5.32 Å². The maximum absolute atomic E-state index is 13.1. The quantitative estimate of drug-likeness (QED) is 0.817. The maximum Gasteiger partial charge on any atom is 0.226 e. The number of nitrogens with zero attached hydrogens (tertiary/aromatic N) is 1. The predicted molar refractivity (Wildman–Crippen MR) is 92.0 cm³/mol. The minimum absolute atomic E-state index is 0.0159. The number of carbonyl (C=O) groups excluding carboxylic acids is 2. The molecule has 0 aliphatic rings. The first-order chi connectivity index (χ1) is 12.3. The van der Waals surface area contributed by atoms with E-state index in [9.17, 15) is 22.8 Å². The van der Waals surface area contributed by atoms with Gasteiger partial charge < -0.3 is 10.2 Å². The second-order valence-electron chi connectivity index (χ2n) is 5.81. The highest BCUT2D eigenvalue weighted by molar-refractivity contribution is 5.91. The van der Waals surface area contributed by atoms with Gasteiger partial charge in [-0.2, -0.15) is 0 Å². The fourth-order valence-electron chi connectivity index (χ4n) is 2.38. The van der Waals surface area contributed by atoms with Crippen molar-refractivity contribution in [3.05, 3.63) is 65.5 Å². The summed E-state index contributed by atoms with van der Waals surface area (Å²) in [7, 11) is 0. The van der Waals surface area contributed by atoms with Gasteiger partial charge in [-0.05, 0) is 36.2 Å². The summed E-state index contributed by atoms with van der Waals surface area (Å²) in [6.45, 7) is 1.98. The number of hydrogen-bond acceptors (Lipinski definition) is 2. The van der Waals surface area contributed by atoms with E-state index < -0.39 is 17.5 Å². The fraction of sp³-hybridized carbons (Fsp3) is 0.263. The summed E-state index contributed by atoms with van der Waals surface area (Å²) >= 11 is 0. The van der Waals surface area contributed by atoms with Crippen LogP contribution in [0.2, 0.25) is 0 Å². The van der Waals surface area contributed by atoms with Gasteiger partial charge in [0.2, 0.25) is 11.8 Å². The number of nitrogens with one attached hydrogen (secondary N) is 1. The van der Waals surface area contributed by atoms with Crippen molar-refractivity contribution in [3.8, 4) is 0 Å². The molecule has 2 aromatic carbocycles. The first-order valence-corrected chi connectivity index (χ1v) is 8.10. The zero-order valence-corrected chi connectivity index (χ0v) is 14.3. The molecule has 0 aliphatic carbocycles. The van der Waals surface area contributed by atoms with Crippen LogP contribution in [0, 0.1) is 17.5 Å². The standard InChI is InChI=1S/C19H19F3N2O2/c1-13(25)24(10-8-14-2-4-15(20)5-3-14)11-9-19(26)23-16-6-7-17(21)18(22)12-16/h2-7,12H,8-11H2,1H3,(H,23,26). The average molecular weight is 364 g/mol. The lowest BCUT2D eigenvalue weighted by Crippen LogP contribution is -2.33. The fourth-order valence-corrected chi connectivity index (χ4v) is 2.38. The Balaban J connectivity index is 1.84. The van der Waals surface area contributed by atoms with Crippen molar-refractivity contribution in [2.24, 2.45) is 0 Å². The summed E-state index contributed by atoms with van der Waals surface area (Å²) in [6, 6.07) is 9.06. The van der Waals surface area contributed by atoms with Crippen LogP contribution < -0.4 is 5.32 Å². The molecule has 0 atom stereocenters. The Hall–Kier alpha value is -2.83. The van der Waals surface area contributed by atoms with Crippen molar-refractivity contribution in [1.29, 1.82) is 0 Å². The van der Waals surface area contributed by atoms with Gasteiger partial charge in [0, 0.05) is 38.2 Å². The largest absolute Gasteiger partial charge is 0.342 e. The van der Waals surface area contributed by atoms with Gasteiger partial charge in [0.25, 0.3) is 0 Å². The van der Waals surface area contributed by atoms with E-state index in [0.717, 1.165) is 17.7 Å². The number of anilines is 1. The molecule has 4 nitrogen and oxygen atoms in total. The van der Waals surface area contributed by atoms with E-state index in [0.29, 0.717) is 13.0 Å². The van der Waals surface area contributed by atoms with E-state index in [1.807, 2.05) is 0 Å². The number of halogens is 3. The number of rotatable bonds is 7. The minimum Gasteiger partial charge on any atom is -0.342 e. The second-order valence-corrected chi connectivity index (χ2v) is 5.81. The molecule has 7 heteroatoms. The molecule has 2 amide bonds. The van der Waals surface area contributed by atoms with E-state index in [1.165, 1.54) is 30.0 Å². The first-order valence-electron chi connectivity index (χ1n) is 8.10. The Bertz CT molecular complexity index is 779. The highest BCUT2D eigenvalue weighted by Crippen LogP contribution is 2.13. The van der Waals surface area contributed by atoms with Gasteiger partial charge in [0.05, 0.1) is 0 Å². The van der Waals surface area contributed by atoms with Gasteiger partial charge >= 0.3 is 0 Å². The lowest BCUT2D eigenvalue weighted by Gasteiger charge is -2.21. The second kappa shape index (κ2) is 9.03. The molecule has 1 N–H and O–H groups in total. The minimum atomic E-state index is -1.05. The molecule has 138 valence electrons. The summed E-state index contributed by atoms with van der Waals surface area (Å²) in [5.74, 6) is -2.97. The van der Waals surface area contributed by atoms with Gasteiger partial charge in [-0.25, -0.2) is 13.2 Å².